The van der Waals surface area contributed by atoms with Gasteiger partial charge >= 0.3 is 11.4 Å². The van der Waals surface area contributed by atoms with E-state index in [4.69, 9.17) is 23.2 Å². The van der Waals surface area contributed by atoms with E-state index in [2.05, 4.69) is 10.5 Å². The average molecular weight is 381 g/mol. The zero-order valence-electron chi connectivity index (χ0n) is 12.4. The summed E-state index contributed by atoms with van der Waals surface area (Å²) in [6, 6.07) is 12.4. The Bertz CT molecular complexity index is 865. The van der Waals surface area contributed by atoms with Crippen molar-refractivity contribution in [3.8, 4) is 0 Å². The number of rotatable bonds is 6. The number of nitrogens with zero attached hydrogens (tertiary/aromatic N) is 3. The van der Waals surface area contributed by atoms with Crippen molar-refractivity contribution in [2.45, 2.75) is 0 Å². The first-order chi connectivity index (χ1) is 11.9. The minimum atomic E-state index is -0.845. The Hall–Kier alpha value is -2.97. The average Bonchev–Trinajstić information content (AvgIpc) is 2.58. The van der Waals surface area contributed by atoms with Crippen molar-refractivity contribution in [3.05, 3.63) is 84.9 Å². The summed E-state index contributed by atoms with van der Waals surface area (Å²) < 4.78 is -0.0713. The highest BCUT2D eigenvalue weighted by atomic mass is 35.5. The van der Waals surface area contributed by atoms with Gasteiger partial charge in [0.25, 0.3) is 0 Å². The summed E-state index contributed by atoms with van der Waals surface area (Å²) >= 11 is 11.3. The van der Waals surface area contributed by atoms with Gasteiger partial charge in [0.2, 0.25) is 0 Å². The summed E-state index contributed by atoms with van der Waals surface area (Å²) in [6.45, 7) is 0. The molecule has 25 heavy (non-hydrogen) atoms. The molecule has 0 aliphatic rings. The summed E-state index contributed by atoms with van der Waals surface area (Å²) in [7, 11) is 0. The molecule has 0 bridgehead atoms. The highest BCUT2D eigenvalue weighted by molar-refractivity contribution is 6.57. The monoisotopic (exact) mass is 380 g/mol. The topological polar surface area (TPSA) is 111 Å². The van der Waals surface area contributed by atoms with Crippen LogP contribution in [0.4, 0.5) is 17.1 Å². The van der Waals surface area contributed by atoms with Gasteiger partial charge in [-0.3, -0.25) is 25.7 Å². The largest absolute Gasteiger partial charge is 0.370 e. The number of nitro benzene ring substituents is 2. The van der Waals surface area contributed by atoms with Gasteiger partial charge in [-0.2, -0.15) is 5.10 Å². The van der Waals surface area contributed by atoms with Crippen molar-refractivity contribution in [2.24, 2.45) is 5.10 Å². The number of nitrogens with one attached hydrogen (secondary N) is 1. The highest BCUT2D eigenvalue weighted by Gasteiger charge is 2.28. The number of benzene rings is 2. The standard InChI is InChI=1S/C15H10Cl2N4O4/c16-14(17)9-12(10-5-2-1-3-6-10)19-18-11-7-4-8-13(20(22)23)15(11)21(24)25/h1-9,18H. The molecule has 0 heterocycles. The fourth-order valence-electron chi connectivity index (χ4n) is 1.97. The third-order valence-corrected chi connectivity index (χ3v) is 3.22. The zero-order chi connectivity index (χ0) is 18.4. The molecule has 0 amide bonds. The molecule has 8 nitrogen and oxygen atoms in total. The first kappa shape index (κ1) is 18.4. The quantitative estimate of drug-likeness (QED) is 0.445. The number of nitro groups is 2. The smallest absolute Gasteiger partial charge is 0.271 e. The van der Waals surface area contributed by atoms with Crippen LogP contribution in [0.1, 0.15) is 5.56 Å². The van der Waals surface area contributed by atoms with Gasteiger partial charge < -0.3 is 0 Å². The molecule has 2 aromatic carbocycles. The van der Waals surface area contributed by atoms with Crippen molar-refractivity contribution >= 4 is 46.0 Å². The number of halogens is 2. The van der Waals surface area contributed by atoms with Crippen LogP contribution in [0.15, 0.2) is 64.2 Å². The Morgan fingerprint density at radius 1 is 1.00 bits per heavy atom. The van der Waals surface area contributed by atoms with Crippen molar-refractivity contribution in [3.63, 3.8) is 0 Å². The van der Waals surface area contributed by atoms with Crippen molar-refractivity contribution in [1.82, 2.24) is 0 Å². The molecule has 0 aliphatic carbocycles. The van der Waals surface area contributed by atoms with E-state index < -0.39 is 21.2 Å². The number of hydrazone groups is 1. The molecule has 0 spiro atoms. The van der Waals surface area contributed by atoms with Gasteiger partial charge in [-0.1, -0.05) is 59.6 Å². The third kappa shape index (κ3) is 4.75. The molecule has 0 unspecified atom stereocenters. The van der Waals surface area contributed by atoms with Crippen LogP contribution in [0.3, 0.4) is 0 Å². The first-order valence-corrected chi connectivity index (χ1v) is 7.49. The second-order valence-corrected chi connectivity index (χ2v) is 5.60. The van der Waals surface area contributed by atoms with Gasteiger partial charge in [0, 0.05) is 11.6 Å². The van der Waals surface area contributed by atoms with Crippen LogP contribution in [-0.2, 0) is 0 Å². The molecule has 0 saturated carbocycles. The molecule has 2 aromatic rings. The van der Waals surface area contributed by atoms with Crippen LogP contribution in [0.25, 0.3) is 0 Å². The number of anilines is 1. The minimum Gasteiger partial charge on any atom is -0.271 e. The maximum Gasteiger partial charge on any atom is 0.370 e. The number of hydrogen-bond acceptors (Lipinski definition) is 6. The highest BCUT2D eigenvalue weighted by Crippen LogP contribution is 2.34. The van der Waals surface area contributed by atoms with E-state index in [9.17, 15) is 20.2 Å². The predicted octanol–water partition coefficient (Wildman–Crippen LogP) is 4.64. The Balaban J connectivity index is 2.48. The molecule has 1 N–H and O–H groups in total. The fourth-order valence-corrected chi connectivity index (χ4v) is 2.18. The van der Waals surface area contributed by atoms with E-state index in [1.807, 2.05) is 0 Å². The Labute approximate surface area is 151 Å². The summed E-state index contributed by atoms with van der Waals surface area (Å²) in [4.78, 5) is 20.5. The first-order valence-electron chi connectivity index (χ1n) is 6.73. The van der Waals surface area contributed by atoms with Crippen LogP contribution in [0.2, 0.25) is 0 Å². The molecule has 0 saturated heterocycles. The van der Waals surface area contributed by atoms with Gasteiger partial charge in [0.15, 0.2) is 0 Å². The van der Waals surface area contributed by atoms with E-state index >= 15 is 0 Å². The molecule has 0 radical (unpaired) electrons. The molecule has 2 rings (SSSR count). The number of allylic oxidation sites excluding steroid dienone is 1. The van der Waals surface area contributed by atoms with Gasteiger partial charge in [-0.15, -0.1) is 0 Å². The molecule has 128 valence electrons. The third-order valence-electron chi connectivity index (χ3n) is 3.01. The second-order valence-electron chi connectivity index (χ2n) is 4.60. The summed E-state index contributed by atoms with van der Waals surface area (Å²) in [5, 5.41) is 26.2. The van der Waals surface area contributed by atoms with Gasteiger partial charge in [-0.25, -0.2) is 0 Å². The van der Waals surface area contributed by atoms with Gasteiger partial charge in [0.05, 0.1) is 15.6 Å². The van der Waals surface area contributed by atoms with Crippen molar-refractivity contribution < 1.29 is 9.85 Å². The van der Waals surface area contributed by atoms with E-state index in [0.717, 1.165) is 6.07 Å². The normalized spacial score (nSPS) is 10.9. The predicted molar refractivity (Wildman–Crippen MR) is 96.1 cm³/mol. The van der Waals surface area contributed by atoms with Crippen LogP contribution in [-0.4, -0.2) is 15.6 Å². The summed E-state index contributed by atoms with van der Waals surface area (Å²) in [5.74, 6) is 0. The van der Waals surface area contributed by atoms with Gasteiger partial charge in [0.1, 0.15) is 10.2 Å². The lowest BCUT2D eigenvalue weighted by Gasteiger charge is -2.05. The Morgan fingerprint density at radius 2 is 1.68 bits per heavy atom. The van der Waals surface area contributed by atoms with Crippen molar-refractivity contribution in [2.75, 3.05) is 5.43 Å². The maximum atomic E-state index is 11.2. The SMILES string of the molecule is O=[N+]([O-])c1cccc(NN=C(C=C(Cl)Cl)c2ccccc2)c1[N+](=O)[O-]. The van der Waals surface area contributed by atoms with Crippen LogP contribution >= 0.6 is 23.2 Å². The molecule has 10 heteroatoms. The number of hydrogen-bond donors (Lipinski definition) is 1. The van der Waals surface area contributed by atoms with Crippen LogP contribution < -0.4 is 5.43 Å². The number of para-hydroxylation sites is 1. The molecule has 0 aliphatic heterocycles. The van der Waals surface area contributed by atoms with Gasteiger partial charge in [-0.05, 0) is 12.1 Å². The molecule has 0 fully saturated rings. The van der Waals surface area contributed by atoms with E-state index in [1.165, 1.54) is 18.2 Å². The van der Waals surface area contributed by atoms with E-state index in [-0.39, 0.29) is 10.2 Å². The lowest BCUT2D eigenvalue weighted by Crippen LogP contribution is -2.04. The van der Waals surface area contributed by atoms with Crippen LogP contribution in [0, 0.1) is 20.2 Å². The minimum absolute atomic E-state index is 0.0713. The van der Waals surface area contributed by atoms with Crippen molar-refractivity contribution in [1.29, 1.82) is 0 Å². The molecule has 0 atom stereocenters. The Kier molecular flexibility index (Phi) is 6.04. The maximum absolute atomic E-state index is 11.2. The molecular weight excluding hydrogens is 371 g/mol. The Morgan fingerprint density at radius 3 is 2.24 bits per heavy atom. The lowest BCUT2D eigenvalue weighted by molar-refractivity contribution is -0.421. The van der Waals surface area contributed by atoms with E-state index in [0.29, 0.717) is 11.3 Å². The lowest BCUT2D eigenvalue weighted by atomic mass is 10.1. The molecular formula is C15H10Cl2N4O4. The van der Waals surface area contributed by atoms with E-state index in [1.54, 1.807) is 30.3 Å². The fraction of sp³-hybridized carbons (Fsp3) is 0. The zero-order valence-corrected chi connectivity index (χ0v) is 13.9. The summed E-state index contributed by atoms with van der Waals surface area (Å²) in [5.41, 5.74) is 1.94. The molecule has 0 aromatic heterocycles. The van der Waals surface area contributed by atoms with Crippen LogP contribution in [0.5, 0.6) is 0 Å². The second kappa shape index (κ2) is 8.22. The summed E-state index contributed by atoms with van der Waals surface area (Å²) in [6.07, 6.45) is 1.34.